The minimum Gasteiger partial charge on any atom is -0.338 e. The fourth-order valence-electron chi connectivity index (χ4n) is 2.48. The molecule has 1 aromatic rings. The number of thiazole rings is 1. The number of carbonyl (C=O) groups is 2. The Bertz CT molecular complexity index is 477. The fourth-order valence-corrected chi connectivity index (χ4v) is 3.04. The molecule has 116 valence electrons. The standard InChI is InChI=1S/C14H22N4O2S/c1-10-5-3-4-7-18(10)13(19)11(2)17-14(20)16-9-12-15-6-8-21-12/h6,8,10-11H,3-5,7,9H2,1-2H3,(H2,16,17,20)/t10-,11+/m0/s1. The van der Waals surface area contributed by atoms with Crippen molar-refractivity contribution < 1.29 is 9.59 Å². The summed E-state index contributed by atoms with van der Waals surface area (Å²) in [5, 5.41) is 8.11. The molecule has 0 spiro atoms. The van der Waals surface area contributed by atoms with Gasteiger partial charge in [0.1, 0.15) is 11.0 Å². The van der Waals surface area contributed by atoms with Gasteiger partial charge in [-0.05, 0) is 33.1 Å². The van der Waals surface area contributed by atoms with Crippen molar-refractivity contribution in [2.75, 3.05) is 6.54 Å². The Morgan fingerprint density at radius 1 is 1.52 bits per heavy atom. The van der Waals surface area contributed by atoms with Crippen LogP contribution in [-0.2, 0) is 11.3 Å². The number of nitrogens with one attached hydrogen (secondary N) is 2. The Hall–Kier alpha value is -1.63. The molecule has 0 radical (unpaired) electrons. The van der Waals surface area contributed by atoms with Gasteiger partial charge in [-0.15, -0.1) is 11.3 Å². The van der Waals surface area contributed by atoms with Crippen molar-refractivity contribution in [1.29, 1.82) is 0 Å². The van der Waals surface area contributed by atoms with Crippen LogP contribution in [-0.4, -0.2) is 40.5 Å². The van der Waals surface area contributed by atoms with E-state index in [9.17, 15) is 9.59 Å². The van der Waals surface area contributed by atoms with E-state index < -0.39 is 6.04 Å². The molecule has 0 bridgehead atoms. The summed E-state index contributed by atoms with van der Waals surface area (Å²) in [6.07, 6.45) is 4.94. The maximum absolute atomic E-state index is 12.4. The van der Waals surface area contributed by atoms with Crippen LogP contribution >= 0.6 is 11.3 Å². The molecule has 2 atom stereocenters. The molecule has 3 amide bonds. The Morgan fingerprint density at radius 3 is 3.00 bits per heavy atom. The van der Waals surface area contributed by atoms with Crippen molar-refractivity contribution in [2.24, 2.45) is 0 Å². The van der Waals surface area contributed by atoms with Crippen LogP contribution in [0.5, 0.6) is 0 Å². The normalized spacial score (nSPS) is 19.9. The van der Waals surface area contributed by atoms with Gasteiger partial charge in [-0.2, -0.15) is 0 Å². The molecule has 2 rings (SSSR count). The Balaban J connectivity index is 1.78. The smallest absolute Gasteiger partial charge is 0.315 e. The van der Waals surface area contributed by atoms with Crippen molar-refractivity contribution >= 4 is 23.3 Å². The SMILES string of the molecule is C[C@@H](NC(=O)NCc1nccs1)C(=O)N1CCCC[C@@H]1C. The lowest BCUT2D eigenvalue weighted by Gasteiger charge is -2.35. The summed E-state index contributed by atoms with van der Waals surface area (Å²) in [6.45, 7) is 4.95. The fraction of sp³-hybridized carbons (Fsp3) is 0.643. The van der Waals surface area contributed by atoms with Crippen LogP contribution in [0.1, 0.15) is 38.1 Å². The number of carbonyl (C=O) groups excluding carboxylic acids is 2. The van der Waals surface area contributed by atoms with Crippen LogP contribution in [0.4, 0.5) is 4.79 Å². The third kappa shape index (κ3) is 4.42. The average Bonchev–Trinajstić information content (AvgIpc) is 2.98. The van der Waals surface area contributed by atoms with E-state index in [2.05, 4.69) is 22.5 Å². The van der Waals surface area contributed by atoms with Crippen molar-refractivity contribution in [3.63, 3.8) is 0 Å². The molecule has 0 unspecified atom stereocenters. The summed E-state index contributed by atoms with van der Waals surface area (Å²) < 4.78 is 0. The second-order valence-electron chi connectivity index (χ2n) is 5.35. The lowest BCUT2D eigenvalue weighted by Crippen LogP contribution is -2.53. The van der Waals surface area contributed by atoms with Gasteiger partial charge >= 0.3 is 6.03 Å². The topological polar surface area (TPSA) is 74.3 Å². The van der Waals surface area contributed by atoms with E-state index in [0.717, 1.165) is 24.4 Å². The number of hydrogen-bond acceptors (Lipinski definition) is 4. The predicted octanol–water partition coefficient (Wildman–Crippen LogP) is 1.73. The number of amides is 3. The third-order valence-corrected chi connectivity index (χ3v) is 4.47. The second kappa shape index (κ2) is 7.40. The van der Waals surface area contributed by atoms with E-state index >= 15 is 0 Å². The highest BCUT2D eigenvalue weighted by Gasteiger charge is 2.27. The minimum atomic E-state index is -0.512. The molecule has 1 saturated heterocycles. The highest BCUT2D eigenvalue weighted by atomic mass is 32.1. The van der Waals surface area contributed by atoms with E-state index in [1.807, 2.05) is 10.3 Å². The molecule has 1 fully saturated rings. The van der Waals surface area contributed by atoms with Crippen molar-refractivity contribution in [1.82, 2.24) is 20.5 Å². The lowest BCUT2D eigenvalue weighted by molar-refractivity contribution is -0.136. The molecule has 0 aliphatic carbocycles. The van der Waals surface area contributed by atoms with Crippen LogP contribution in [0.25, 0.3) is 0 Å². The Labute approximate surface area is 128 Å². The van der Waals surface area contributed by atoms with Crippen LogP contribution < -0.4 is 10.6 Å². The largest absolute Gasteiger partial charge is 0.338 e. The first-order valence-electron chi connectivity index (χ1n) is 7.31. The summed E-state index contributed by atoms with van der Waals surface area (Å²) in [6, 6.07) is -0.591. The van der Waals surface area contributed by atoms with Crippen LogP contribution in [0.3, 0.4) is 0 Å². The first kappa shape index (κ1) is 15.8. The summed E-state index contributed by atoms with van der Waals surface area (Å²) in [7, 11) is 0. The first-order chi connectivity index (χ1) is 10.1. The lowest BCUT2D eigenvalue weighted by atomic mass is 10.0. The number of urea groups is 1. The summed E-state index contributed by atoms with van der Waals surface area (Å²) in [5.41, 5.74) is 0. The Kier molecular flexibility index (Phi) is 5.55. The zero-order valence-electron chi connectivity index (χ0n) is 12.5. The molecule has 1 aliphatic rings. The highest BCUT2D eigenvalue weighted by Crippen LogP contribution is 2.17. The van der Waals surface area contributed by atoms with Gasteiger partial charge in [0.2, 0.25) is 5.91 Å². The molecule has 6 nitrogen and oxygen atoms in total. The van der Waals surface area contributed by atoms with Gasteiger partial charge < -0.3 is 15.5 Å². The van der Waals surface area contributed by atoms with Crippen molar-refractivity contribution in [2.45, 2.75) is 51.7 Å². The zero-order chi connectivity index (χ0) is 15.2. The Morgan fingerprint density at radius 2 is 2.33 bits per heavy atom. The monoisotopic (exact) mass is 310 g/mol. The quantitative estimate of drug-likeness (QED) is 0.889. The van der Waals surface area contributed by atoms with Crippen molar-refractivity contribution in [3.8, 4) is 0 Å². The average molecular weight is 310 g/mol. The van der Waals surface area contributed by atoms with Crippen LogP contribution in [0.2, 0.25) is 0 Å². The second-order valence-corrected chi connectivity index (χ2v) is 6.33. The number of hydrogen-bond donors (Lipinski definition) is 2. The van der Waals surface area contributed by atoms with Gasteiger partial charge in [-0.3, -0.25) is 4.79 Å². The number of piperidine rings is 1. The number of aromatic nitrogens is 1. The summed E-state index contributed by atoms with van der Waals surface area (Å²) >= 11 is 1.48. The third-order valence-electron chi connectivity index (χ3n) is 3.69. The van der Waals surface area contributed by atoms with Crippen LogP contribution in [0.15, 0.2) is 11.6 Å². The molecule has 0 saturated carbocycles. The molecule has 1 aliphatic heterocycles. The minimum absolute atomic E-state index is 0.00778. The maximum atomic E-state index is 12.4. The molecule has 21 heavy (non-hydrogen) atoms. The van der Waals surface area contributed by atoms with Crippen LogP contribution in [0, 0.1) is 0 Å². The van der Waals surface area contributed by atoms with Crippen molar-refractivity contribution in [3.05, 3.63) is 16.6 Å². The molecular formula is C14H22N4O2S. The van der Waals surface area contributed by atoms with Gasteiger partial charge in [-0.25, -0.2) is 9.78 Å². The molecule has 1 aromatic heterocycles. The number of rotatable bonds is 4. The predicted molar refractivity (Wildman–Crippen MR) is 82.0 cm³/mol. The van der Waals surface area contributed by atoms with E-state index in [4.69, 9.17) is 0 Å². The van der Waals surface area contributed by atoms with E-state index in [-0.39, 0.29) is 18.0 Å². The zero-order valence-corrected chi connectivity index (χ0v) is 13.3. The van der Waals surface area contributed by atoms with E-state index in [0.29, 0.717) is 6.54 Å². The summed E-state index contributed by atoms with van der Waals surface area (Å²) in [5.74, 6) is -0.00778. The van der Waals surface area contributed by atoms with E-state index in [1.165, 1.54) is 17.8 Å². The van der Waals surface area contributed by atoms with Gasteiger partial charge in [0.15, 0.2) is 0 Å². The molecule has 2 N–H and O–H groups in total. The highest BCUT2D eigenvalue weighted by molar-refractivity contribution is 7.09. The summed E-state index contributed by atoms with van der Waals surface area (Å²) in [4.78, 5) is 30.1. The number of nitrogens with zero attached hydrogens (tertiary/aromatic N) is 2. The van der Waals surface area contributed by atoms with Gasteiger partial charge in [0.05, 0.1) is 6.54 Å². The molecular weight excluding hydrogens is 288 g/mol. The van der Waals surface area contributed by atoms with Gasteiger partial charge in [-0.1, -0.05) is 0 Å². The van der Waals surface area contributed by atoms with E-state index in [1.54, 1.807) is 13.1 Å². The molecule has 2 heterocycles. The van der Waals surface area contributed by atoms with Gasteiger partial charge in [0.25, 0.3) is 0 Å². The maximum Gasteiger partial charge on any atom is 0.315 e. The molecule has 7 heteroatoms. The number of likely N-dealkylation sites (tertiary alicyclic amines) is 1. The van der Waals surface area contributed by atoms with Gasteiger partial charge in [0, 0.05) is 24.2 Å². The first-order valence-corrected chi connectivity index (χ1v) is 8.19. The molecule has 0 aromatic carbocycles.